The minimum Gasteiger partial charge on any atom is -0.384 e. The van der Waals surface area contributed by atoms with Gasteiger partial charge in [0, 0.05) is 18.7 Å². The van der Waals surface area contributed by atoms with Crippen LogP contribution in [-0.4, -0.2) is 35.6 Å². The van der Waals surface area contributed by atoms with E-state index in [0.717, 1.165) is 32.4 Å². The van der Waals surface area contributed by atoms with Gasteiger partial charge in [-0.1, -0.05) is 25.2 Å². The average Bonchev–Trinajstić information content (AvgIpc) is 2.94. The van der Waals surface area contributed by atoms with Gasteiger partial charge in [-0.05, 0) is 37.0 Å². The summed E-state index contributed by atoms with van der Waals surface area (Å²) in [5, 5.41) is 8.62. The summed E-state index contributed by atoms with van der Waals surface area (Å²) in [6.45, 7) is 3.34. The molecular weight excluding hydrogens is 269 g/mol. The van der Waals surface area contributed by atoms with Crippen LogP contribution in [0.1, 0.15) is 42.1 Å². The summed E-state index contributed by atoms with van der Waals surface area (Å²) < 4.78 is 13.9. The van der Waals surface area contributed by atoms with E-state index in [2.05, 4.69) is 18.8 Å². The third-order valence-electron chi connectivity index (χ3n) is 3.79. The number of rotatable bonds is 3. The zero-order valence-electron chi connectivity index (χ0n) is 12.2. The lowest BCUT2D eigenvalue weighted by Crippen LogP contribution is -2.28. The molecule has 1 aliphatic rings. The maximum absolute atomic E-state index is 13.9. The van der Waals surface area contributed by atoms with Crippen molar-refractivity contribution < 1.29 is 14.3 Å². The average molecular weight is 289 g/mol. The molecule has 1 heterocycles. The van der Waals surface area contributed by atoms with Gasteiger partial charge in [0.1, 0.15) is 12.4 Å². The van der Waals surface area contributed by atoms with Crippen molar-refractivity contribution in [2.75, 3.05) is 19.7 Å². The highest BCUT2D eigenvalue weighted by molar-refractivity contribution is 5.94. The summed E-state index contributed by atoms with van der Waals surface area (Å²) in [6.07, 6.45) is 3.29. The van der Waals surface area contributed by atoms with Gasteiger partial charge in [0.2, 0.25) is 0 Å². The van der Waals surface area contributed by atoms with E-state index >= 15 is 0 Å². The van der Waals surface area contributed by atoms with Crippen LogP contribution in [-0.2, 0) is 0 Å². The van der Waals surface area contributed by atoms with Crippen molar-refractivity contribution >= 4 is 5.91 Å². The summed E-state index contributed by atoms with van der Waals surface area (Å²) >= 11 is 0. The highest BCUT2D eigenvalue weighted by Crippen LogP contribution is 2.23. The van der Waals surface area contributed by atoms with Gasteiger partial charge in [0.05, 0.1) is 5.56 Å². The first-order valence-electron chi connectivity index (χ1n) is 7.34. The van der Waals surface area contributed by atoms with E-state index in [-0.39, 0.29) is 18.1 Å². The Morgan fingerprint density at radius 2 is 2.33 bits per heavy atom. The van der Waals surface area contributed by atoms with E-state index in [9.17, 15) is 9.18 Å². The molecule has 1 aromatic carbocycles. The summed E-state index contributed by atoms with van der Waals surface area (Å²) in [5.74, 6) is 4.85. The number of benzene rings is 1. The quantitative estimate of drug-likeness (QED) is 0.868. The fourth-order valence-corrected chi connectivity index (χ4v) is 2.73. The predicted octanol–water partition coefficient (Wildman–Crippen LogP) is 2.43. The summed E-state index contributed by atoms with van der Waals surface area (Å²) in [6, 6.07) is 4.32. The Kier molecular flexibility index (Phi) is 5.35. The molecule has 1 N–H and O–H groups in total. The number of aliphatic hydroxyl groups excluding tert-OH is 1. The SMILES string of the molecule is CCCC1CCN(C(=O)c2ccc(C#CCO)c(F)c2)C1. The molecule has 1 atom stereocenters. The first-order valence-corrected chi connectivity index (χ1v) is 7.34. The van der Waals surface area contributed by atoms with E-state index < -0.39 is 5.82 Å². The van der Waals surface area contributed by atoms with E-state index in [1.807, 2.05) is 0 Å². The third kappa shape index (κ3) is 3.83. The molecule has 112 valence electrons. The molecule has 1 aliphatic heterocycles. The van der Waals surface area contributed by atoms with Crippen molar-refractivity contribution in [1.29, 1.82) is 0 Å². The molecule has 0 aliphatic carbocycles. The van der Waals surface area contributed by atoms with Crippen LogP contribution in [0.5, 0.6) is 0 Å². The summed E-state index contributed by atoms with van der Waals surface area (Å²) in [4.78, 5) is 14.2. The summed E-state index contributed by atoms with van der Waals surface area (Å²) in [5.41, 5.74) is 0.560. The van der Waals surface area contributed by atoms with Crippen LogP contribution >= 0.6 is 0 Å². The third-order valence-corrected chi connectivity index (χ3v) is 3.79. The Hall–Kier alpha value is -1.86. The molecule has 1 saturated heterocycles. The fraction of sp³-hybridized carbons (Fsp3) is 0.471. The van der Waals surface area contributed by atoms with Crippen molar-refractivity contribution in [2.24, 2.45) is 5.92 Å². The van der Waals surface area contributed by atoms with Crippen LogP contribution in [0.25, 0.3) is 0 Å². The minimum atomic E-state index is -0.522. The Labute approximate surface area is 124 Å². The van der Waals surface area contributed by atoms with Crippen LogP contribution in [0.3, 0.4) is 0 Å². The van der Waals surface area contributed by atoms with Crippen LogP contribution in [0.2, 0.25) is 0 Å². The van der Waals surface area contributed by atoms with Crippen LogP contribution in [0.4, 0.5) is 4.39 Å². The van der Waals surface area contributed by atoms with E-state index in [4.69, 9.17) is 5.11 Å². The molecule has 1 amide bonds. The number of hydrogen-bond acceptors (Lipinski definition) is 2. The molecule has 0 saturated carbocycles. The largest absolute Gasteiger partial charge is 0.384 e. The molecular formula is C17H20FNO2. The molecule has 2 rings (SSSR count). The number of aliphatic hydroxyl groups is 1. The predicted molar refractivity (Wildman–Crippen MR) is 79.3 cm³/mol. The molecule has 0 radical (unpaired) electrons. The standard InChI is InChI=1S/C17H20FNO2/c1-2-4-13-8-9-19(12-13)17(21)15-7-6-14(5-3-10-20)16(18)11-15/h6-7,11,13,20H,2,4,8-10,12H2,1H3. The molecule has 0 spiro atoms. The zero-order chi connectivity index (χ0) is 15.2. The molecule has 0 aromatic heterocycles. The highest BCUT2D eigenvalue weighted by Gasteiger charge is 2.26. The lowest BCUT2D eigenvalue weighted by molar-refractivity contribution is 0.0786. The maximum Gasteiger partial charge on any atom is 0.253 e. The molecule has 4 heteroatoms. The van der Waals surface area contributed by atoms with Crippen LogP contribution in [0, 0.1) is 23.6 Å². The molecule has 21 heavy (non-hydrogen) atoms. The topological polar surface area (TPSA) is 40.5 Å². The number of nitrogens with zero attached hydrogens (tertiary/aromatic N) is 1. The van der Waals surface area contributed by atoms with Gasteiger partial charge in [-0.3, -0.25) is 4.79 Å². The van der Waals surface area contributed by atoms with E-state index in [1.54, 1.807) is 11.0 Å². The molecule has 0 bridgehead atoms. The number of hydrogen-bond donors (Lipinski definition) is 1. The van der Waals surface area contributed by atoms with Gasteiger partial charge in [-0.25, -0.2) is 4.39 Å². The minimum absolute atomic E-state index is 0.117. The zero-order valence-corrected chi connectivity index (χ0v) is 12.2. The first kappa shape index (κ1) is 15.5. The second-order valence-corrected chi connectivity index (χ2v) is 5.35. The van der Waals surface area contributed by atoms with Gasteiger partial charge in [-0.2, -0.15) is 0 Å². The number of halogens is 1. The number of carbonyl (C=O) groups excluding carboxylic acids is 1. The normalized spacial score (nSPS) is 17.5. The van der Waals surface area contributed by atoms with E-state index in [0.29, 0.717) is 11.5 Å². The highest BCUT2D eigenvalue weighted by atomic mass is 19.1. The second-order valence-electron chi connectivity index (χ2n) is 5.35. The lowest BCUT2D eigenvalue weighted by atomic mass is 10.0. The number of likely N-dealkylation sites (tertiary alicyclic amines) is 1. The van der Waals surface area contributed by atoms with Gasteiger partial charge < -0.3 is 10.0 Å². The van der Waals surface area contributed by atoms with Crippen molar-refractivity contribution in [3.8, 4) is 11.8 Å². The smallest absolute Gasteiger partial charge is 0.253 e. The molecule has 1 unspecified atom stereocenters. The Balaban J connectivity index is 2.08. The molecule has 1 fully saturated rings. The number of amides is 1. The van der Waals surface area contributed by atoms with Crippen molar-refractivity contribution in [2.45, 2.75) is 26.2 Å². The van der Waals surface area contributed by atoms with Crippen LogP contribution < -0.4 is 0 Å². The first-order chi connectivity index (χ1) is 10.2. The van der Waals surface area contributed by atoms with Gasteiger partial charge >= 0.3 is 0 Å². The Bertz CT molecular complexity index is 574. The lowest BCUT2D eigenvalue weighted by Gasteiger charge is -2.16. The van der Waals surface area contributed by atoms with Crippen molar-refractivity contribution in [3.05, 3.63) is 35.1 Å². The monoisotopic (exact) mass is 289 g/mol. The van der Waals surface area contributed by atoms with Crippen molar-refractivity contribution in [1.82, 2.24) is 4.90 Å². The van der Waals surface area contributed by atoms with Gasteiger partial charge in [-0.15, -0.1) is 0 Å². The second kappa shape index (κ2) is 7.24. The number of carbonyl (C=O) groups is 1. The van der Waals surface area contributed by atoms with Gasteiger partial charge in [0.25, 0.3) is 5.91 Å². The fourth-order valence-electron chi connectivity index (χ4n) is 2.73. The van der Waals surface area contributed by atoms with Crippen LogP contribution in [0.15, 0.2) is 18.2 Å². The maximum atomic E-state index is 13.9. The molecule has 3 nitrogen and oxygen atoms in total. The molecule has 1 aromatic rings. The Morgan fingerprint density at radius 3 is 3.00 bits per heavy atom. The Morgan fingerprint density at radius 1 is 1.52 bits per heavy atom. The van der Waals surface area contributed by atoms with Crippen molar-refractivity contribution in [3.63, 3.8) is 0 Å². The summed E-state index contributed by atoms with van der Waals surface area (Å²) in [7, 11) is 0. The van der Waals surface area contributed by atoms with E-state index in [1.165, 1.54) is 12.1 Å². The van der Waals surface area contributed by atoms with Gasteiger partial charge in [0.15, 0.2) is 0 Å².